The summed E-state index contributed by atoms with van der Waals surface area (Å²) in [4.78, 5) is 0. The number of ether oxygens (including phenoxy) is 1. The molecule has 0 aromatic heterocycles. The number of aliphatic hydroxyl groups is 1. The van der Waals surface area contributed by atoms with Crippen LogP contribution in [0.4, 0.5) is 0 Å². The molecule has 2 bridgehead atoms. The third-order valence-electron chi connectivity index (χ3n) is 2.45. The molecule has 64 valence electrons. The highest BCUT2D eigenvalue weighted by Gasteiger charge is 2.42. The van der Waals surface area contributed by atoms with E-state index in [-0.39, 0.29) is 0 Å². The van der Waals surface area contributed by atoms with E-state index in [0.29, 0.717) is 12.2 Å². The molecule has 3 aliphatic rings. The molecule has 0 amide bonds. The average molecular weight is 164 g/mol. The summed E-state index contributed by atoms with van der Waals surface area (Å²) in [5.74, 6) is 0. The van der Waals surface area contributed by atoms with Gasteiger partial charge in [0.05, 0.1) is 12.2 Å². The Morgan fingerprint density at radius 3 is 2.00 bits per heavy atom. The third kappa shape index (κ3) is 0.886. The van der Waals surface area contributed by atoms with Gasteiger partial charge in [0.1, 0.15) is 0 Å². The van der Waals surface area contributed by atoms with Crippen molar-refractivity contribution in [3.05, 3.63) is 35.4 Å². The van der Waals surface area contributed by atoms with Crippen molar-refractivity contribution in [3.8, 4) is 0 Å². The normalized spacial score (nSPS) is 28.2. The molecule has 2 atom stereocenters. The van der Waals surface area contributed by atoms with Crippen molar-refractivity contribution < 1.29 is 9.84 Å². The highest BCUT2D eigenvalue weighted by Crippen LogP contribution is 2.54. The Balaban J connectivity index is 0.000000264. The summed E-state index contributed by atoms with van der Waals surface area (Å²) in [6, 6.07) is 8.52. The van der Waals surface area contributed by atoms with Crippen LogP contribution in [0.3, 0.4) is 0 Å². The lowest BCUT2D eigenvalue weighted by atomic mass is 10.1. The molecule has 12 heavy (non-hydrogen) atoms. The fourth-order valence-electron chi connectivity index (χ4n) is 1.88. The summed E-state index contributed by atoms with van der Waals surface area (Å²) in [6.07, 6.45) is 2.11. The van der Waals surface area contributed by atoms with Gasteiger partial charge in [0.25, 0.3) is 0 Å². The second-order valence-corrected chi connectivity index (χ2v) is 2.98. The van der Waals surface area contributed by atoms with Gasteiger partial charge in [-0.2, -0.15) is 0 Å². The minimum absolute atomic E-state index is 0.446. The van der Waals surface area contributed by atoms with Crippen molar-refractivity contribution in [2.45, 2.75) is 18.6 Å². The van der Waals surface area contributed by atoms with Crippen molar-refractivity contribution in [2.75, 3.05) is 7.11 Å². The van der Waals surface area contributed by atoms with Gasteiger partial charge in [-0.3, -0.25) is 0 Å². The molecule has 2 nitrogen and oxygen atoms in total. The predicted octanol–water partition coefficient (Wildman–Crippen LogP) is 1.81. The van der Waals surface area contributed by atoms with Crippen LogP contribution < -0.4 is 0 Å². The summed E-state index contributed by atoms with van der Waals surface area (Å²) >= 11 is 0. The Morgan fingerprint density at radius 1 is 1.17 bits per heavy atom. The van der Waals surface area contributed by atoms with Crippen molar-refractivity contribution in [3.63, 3.8) is 0 Å². The van der Waals surface area contributed by atoms with Crippen LogP contribution in [0.2, 0.25) is 0 Å². The Bertz CT molecular complexity index is 250. The molecule has 1 saturated heterocycles. The van der Waals surface area contributed by atoms with Crippen LogP contribution >= 0.6 is 0 Å². The molecule has 2 aliphatic heterocycles. The van der Waals surface area contributed by atoms with Gasteiger partial charge in [-0.15, -0.1) is 0 Å². The van der Waals surface area contributed by atoms with Crippen LogP contribution in [-0.4, -0.2) is 12.2 Å². The van der Waals surface area contributed by atoms with Gasteiger partial charge in [-0.1, -0.05) is 24.3 Å². The van der Waals surface area contributed by atoms with Crippen LogP contribution in [0.5, 0.6) is 0 Å². The molecule has 2 unspecified atom stereocenters. The van der Waals surface area contributed by atoms with Crippen LogP contribution in [0.1, 0.15) is 29.8 Å². The number of hydrogen-bond donors (Lipinski definition) is 1. The summed E-state index contributed by atoms with van der Waals surface area (Å²) in [7, 11) is 1.00. The minimum atomic E-state index is 0.446. The van der Waals surface area contributed by atoms with E-state index < -0.39 is 0 Å². The minimum Gasteiger partial charge on any atom is -0.400 e. The van der Waals surface area contributed by atoms with Crippen LogP contribution in [0.25, 0.3) is 0 Å². The topological polar surface area (TPSA) is 29.5 Å². The summed E-state index contributed by atoms with van der Waals surface area (Å²) < 4.78 is 5.52. The standard InChI is InChI=1S/C9H8O.CH4O/c1-2-4-7-6(3-1)8-5-9(7)10-8;1-2/h1-4,8-9H,5H2;2H,1H3. The highest BCUT2D eigenvalue weighted by molar-refractivity contribution is 5.39. The first kappa shape index (κ1) is 7.77. The van der Waals surface area contributed by atoms with Gasteiger partial charge in [-0.25, -0.2) is 0 Å². The lowest BCUT2D eigenvalue weighted by Gasteiger charge is -2.24. The Labute approximate surface area is 71.8 Å². The zero-order chi connectivity index (χ0) is 8.55. The molecule has 0 spiro atoms. The van der Waals surface area contributed by atoms with E-state index in [0.717, 1.165) is 7.11 Å². The molecular formula is C10H12O2. The molecule has 2 heteroatoms. The van der Waals surface area contributed by atoms with E-state index in [1.165, 1.54) is 17.5 Å². The molecule has 0 radical (unpaired) electrons. The molecule has 1 N–H and O–H groups in total. The highest BCUT2D eigenvalue weighted by atomic mass is 16.5. The fourth-order valence-corrected chi connectivity index (χ4v) is 1.88. The zero-order valence-electron chi connectivity index (χ0n) is 7.03. The van der Waals surface area contributed by atoms with E-state index in [9.17, 15) is 0 Å². The molecule has 0 saturated carbocycles. The Morgan fingerprint density at radius 2 is 1.58 bits per heavy atom. The van der Waals surface area contributed by atoms with Gasteiger partial charge in [0.15, 0.2) is 0 Å². The number of aliphatic hydroxyl groups excluding tert-OH is 1. The van der Waals surface area contributed by atoms with E-state index in [4.69, 9.17) is 9.84 Å². The molecule has 1 aromatic carbocycles. The molecule has 4 rings (SSSR count). The van der Waals surface area contributed by atoms with Gasteiger partial charge in [0.2, 0.25) is 0 Å². The predicted molar refractivity (Wildman–Crippen MR) is 45.8 cm³/mol. The summed E-state index contributed by atoms with van der Waals surface area (Å²) in [5, 5.41) is 7.00. The number of hydrogen-bond acceptors (Lipinski definition) is 2. The Kier molecular flexibility index (Phi) is 1.87. The van der Waals surface area contributed by atoms with Crippen LogP contribution in [-0.2, 0) is 4.74 Å². The van der Waals surface area contributed by atoms with Gasteiger partial charge in [-0.05, 0) is 11.1 Å². The maximum atomic E-state index is 7.00. The monoisotopic (exact) mass is 164 g/mol. The maximum Gasteiger partial charge on any atom is 0.0865 e. The van der Waals surface area contributed by atoms with E-state index >= 15 is 0 Å². The molecule has 2 heterocycles. The molecule has 1 fully saturated rings. The number of benzene rings is 1. The lowest BCUT2D eigenvalue weighted by molar-refractivity contribution is -0.103. The Hall–Kier alpha value is -0.860. The van der Waals surface area contributed by atoms with Gasteiger partial charge in [0, 0.05) is 13.5 Å². The maximum absolute atomic E-state index is 7.00. The molecule has 1 aliphatic carbocycles. The fraction of sp³-hybridized carbons (Fsp3) is 0.400. The number of rotatable bonds is 0. The first-order valence-electron chi connectivity index (χ1n) is 4.14. The lowest BCUT2D eigenvalue weighted by Crippen LogP contribution is -2.11. The molecule has 1 aromatic rings. The van der Waals surface area contributed by atoms with E-state index in [1.807, 2.05) is 0 Å². The van der Waals surface area contributed by atoms with Crippen LogP contribution in [0, 0.1) is 0 Å². The smallest absolute Gasteiger partial charge is 0.0865 e. The summed E-state index contributed by atoms with van der Waals surface area (Å²) in [5.41, 5.74) is 2.85. The van der Waals surface area contributed by atoms with E-state index in [2.05, 4.69) is 24.3 Å². The SMILES string of the molecule is CO.c1ccc2c(c1)C1CC2O1. The van der Waals surface area contributed by atoms with Crippen molar-refractivity contribution in [2.24, 2.45) is 0 Å². The first-order chi connectivity index (χ1) is 5.95. The average Bonchev–Trinajstić information content (AvgIpc) is 2.59. The summed E-state index contributed by atoms with van der Waals surface area (Å²) in [6.45, 7) is 0. The largest absolute Gasteiger partial charge is 0.400 e. The van der Waals surface area contributed by atoms with Crippen molar-refractivity contribution >= 4 is 0 Å². The van der Waals surface area contributed by atoms with Crippen molar-refractivity contribution in [1.29, 1.82) is 0 Å². The van der Waals surface area contributed by atoms with Crippen LogP contribution in [0.15, 0.2) is 24.3 Å². The van der Waals surface area contributed by atoms with Crippen molar-refractivity contribution in [1.82, 2.24) is 0 Å². The van der Waals surface area contributed by atoms with Gasteiger partial charge >= 0.3 is 0 Å². The van der Waals surface area contributed by atoms with E-state index in [1.54, 1.807) is 0 Å². The molecular weight excluding hydrogens is 152 g/mol. The second-order valence-electron chi connectivity index (χ2n) is 2.98. The second kappa shape index (κ2) is 2.88. The zero-order valence-corrected chi connectivity index (χ0v) is 7.03. The first-order valence-corrected chi connectivity index (χ1v) is 4.14. The third-order valence-corrected chi connectivity index (χ3v) is 2.45. The quantitative estimate of drug-likeness (QED) is 0.633. The van der Waals surface area contributed by atoms with Gasteiger partial charge < -0.3 is 9.84 Å².